The van der Waals surface area contributed by atoms with Crippen LogP contribution in [-0.2, 0) is 21.4 Å². The lowest BCUT2D eigenvalue weighted by atomic mass is 9.81. The number of halogens is 2. The fraction of sp³-hybridized carbons (Fsp3) is 0.481. The standard InChI is InChI=1S/C52H60FIN10O6/c1-31-46-45(47(59(2)49(31)67)57-43-14-10-36(54)25-42(43)53)51(69)64(38-11-12-38)52(70)63(46)39-5-3-4-37(26-39)56-27-32-6-8-34(9-7-32)50(68)62-22-20-60(21-23-62)30-33-16-18-61(19-17-33)40-24-35(28-55-29-40)41-13-15-44(65)58-48(41)66/h3-5,10,14,24-26,28-29,32-34,38,41,56-57H,6-9,11-13,15-23,27,30H2,1-2H3,(H,58,65,66). The van der Waals surface area contributed by atoms with E-state index in [1.54, 1.807) is 31.3 Å². The molecule has 5 aliphatic rings. The predicted molar refractivity (Wildman–Crippen MR) is 276 cm³/mol. The molecule has 3 saturated heterocycles. The number of nitrogens with one attached hydrogen (secondary N) is 3. The summed E-state index contributed by atoms with van der Waals surface area (Å²) in [4.78, 5) is 91.8. The number of fused-ring (bicyclic) bond motifs is 1. The topological polar surface area (TPSA) is 176 Å². The molecule has 3 aromatic heterocycles. The van der Waals surface area contributed by atoms with Crippen molar-refractivity contribution in [3.05, 3.63) is 113 Å². The van der Waals surface area contributed by atoms with Gasteiger partial charge in [0.2, 0.25) is 17.7 Å². The zero-order valence-corrected chi connectivity index (χ0v) is 41.9. The number of aryl methyl sites for hydroxylation is 1. The third kappa shape index (κ3) is 9.77. The van der Waals surface area contributed by atoms with Gasteiger partial charge in [-0.05, 0) is 147 Å². The molecule has 16 nitrogen and oxygen atoms in total. The Hall–Kier alpha value is -5.89. The highest BCUT2D eigenvalue weighted by Crippen LogP contribution is 2.36. The van der Waals surface area contributed by atoms with Crippen molar-refractivity contribution in [1.29, 1.82) is 0 Å². The van der Waals surface area contributed by atoms with Crippen LogP contribution < -0.4 is 37.7 Å². The Balaban J connectivity index is 0.729. The number of hydrogen-bond acceptors (Lipinski definition) is 11. The number of piperazine rings is 1. The van der Waals surface area contributed by atoms with Crippen molar-refractivity contribution in [2.24, 2.45) is 24.8 Å². The molecule has 5 fully saturated rings. The summed E-state index contributed by atoms with van der Waals surface area (Å²) in [6.07, 6.45) is 11.5. The molecule has 0 bridgehead atoms. The molecule has 2 saturated carbocycles. The number of rotatable bonds is 12. The minimum atomic E-state index is -0.536. The molecule has 0 radical (unpaired) electrons. The van der Waals surface area contributed by atoms with Gasteiger partial charge in [-0.2, -0.15) is 0 Å². The normalized spacial score (nSPS) is 21.5. The average Bonchev–Trinajstić information content (AvgIpc) is 4.21. The van der Waals surface area contributed by atoms with Crippen LogP contribution in [0.15, 0.2) is 75.3 Å². The quantitative estimate of drug-likeness (QED) is 0.0962. The van der Waals surface area contributed by atoms with Crippen molar-refractivity contribution in [1.82, 2.24) is 33.8 Å². The summed E-state index contributed by atoms with van der Waals surface area (Å²) < 4.78 is 19.9. The maximum atomic E-state index is 15.2. The third-order valence-electron chi connectivity index (χ3n) is 15.4. The Bertz CT molecular complexity index is 3040. The number of aromatic nitrogens is 4. The summed E-state index contributed by atoms with van der Waals surface area (Å²) in [6.45, 7) is 8.45. The molecule has 2 aliphatic carbocycles. The minimum Gasteiger partial charge on any atom is -0.385 e. The Morgan fingerprint density at radius 3 is 2.30 bits per heavy atom. The largest absolute Gasteiger partial charge is 0.385 e. The summed E-state index contributed by atoms with van der Waals surface area (Å²) in [6, 6.07) is 13.9. The van der Waals surface area contributed by atoms with Crippen molar-refractivity contribution in [2.45, 2.75) is 83.1 Å². The second-order valence-electron chi connectivity index (χ2n) is 20.0. The average molecular weight is 1070 g/mol. The number of piperidine rings is 2. The van der Waals surface area contributed by atoms with Crippen molar-refractivity contribution in [3.8, 4) is 5.69 Å². The van der Waals surface area contributed by atoms with Gasteiger partial charge in [0, 0.05) is 98.8 Å². The van der Waals surface area contributed by atoms with Crippen LogP contribution >= 0.6 is 22.6 Å². The molecule has 3 N–H and O–H groups in total. The lowest BCUT2D eigenvalue weighted by Crippen LogP contribution is -2.52. The number of nitrogens with zero attached hydrogens (tertiary/aromatic N) is 7. The molecule has 5 aromatic rings. The lowest BCUT2D eigenvalue weighted by Gasteiger charge is -2.40. The minimum absolute atomic E-state index is 0.0261. The molecule has 6 heterocycles. The monoisotopic (exact) mass is 1070 g/mol. The fourth-order valence-electron chi connectivity index (χ4n) is 11.2. The van der Waals surface area contributed by atoms with Crippen LogP contribution in [0.25, 0.3) is 16.6 Å². The lowest BCUT2D eigenvalue weighted by molar-refractivity contribution is -0.139. The maximum Gasteiger partial charge on any atom is 0.336 e. The summed E-state index contributed by atoms with van der Waals surface area (Å²) in [5.41, 5.74) is 2.24. The Morgan fingerprint density at radius 2 is 1.59 bits per heavy atom. The van der Waals surface area contributed by atoms with Crippen molar-refractivity contribution < 1.29 is 18.8 Å². The number of anilines is 4. The van der Waals surface area contributed by atoms with Gasteiger partial charge in [-0.3, -0.25) is 52.9 Å². The summed E-state index contributed by atoms with van der Waals surface area (Å²) in [5, 5.41) is 9.21. The van der Waals surface area contributed by atoms with E-state index < -0.39 is 22.6 Å². The van der Waals surface area contributed by atoms with Crippen LogP contribution in [0.3, 0.4) is 0 Å². The molecule has 2 aromatic carbocycles. The van der Waals surface area contributed by atoms with E-state index in [0.29, 0.717) is 53.3 Å². The van der Waals surface area contributed by atoms with E-state index in [1.807, 2.05) is 47.0 Å². The number of imide groups is 1. The van der Waals surface area contributed by atoms with Gasteiger partial charge >= 0.3 is 5.69 Å². The molecular formula is C52H60FIN10O6. The van der Waals surface area contributed by atoms with Gasteiger partial charge in [-0.15, -0.1) is 0 Å². The van der Waals surface area contributed by atoms with Gasteiger partial charge in [0.1, 0.15) is 17.0 Å². The van der Waals surface area contributed by atoms with Gasteiger partial charge in [0.05, 0.1) is 34.7 Å². The van der Waals surface area contributed by atoms with E-state index in [1.165, 1.54) is 26.8 Å². The Labute approximate surface area is 418 Å². The highest BCUT2D eigenvalue weighted by Gasteiger charge is 2.35. The van der Waals surface area contributed by atoms with E-state index >= 15 is 4.39 Å². The molecular weight excluding hydrogens is 1010 g/mol. The van der Waals surface area contributed by atoms with Crippen LogP contribution in [0.5, 0.6) is 0 Å². The summed E-state index contributed by atoms with van der Waals surface area (Å²) in [7, 11) is 1.54. The first-order chi connectivity index (χ1) is 33.8. The van der Waals surface area contributed by atoms with Crippen LogP contribution in [0.4, 0.5) is 27.3 Å². The van der Waals surface area contributed by atoms with E-state index in [0.717, 1.165) is 101 Å². The first-order valence-electron chi connectivity index (χ1n) is 24.8. The van der Waals surface area contributed by atoms with E-state index in [4.69, 9.17) is 0 Å². The van der Waals surface area contributed by atoms with Gasteiger partial charge in [0.15, 0.2) is 0 Å². The summed E-state index contributed by atoms with van der Waals surface area (Å²) in [5.74, 6) is 0.0216. The predicted octanol–water partition coefficient (Wildman–Crippen LogP) is 6.18. The van der Waals surface area contributed by atoms with Crippen LogP contribution in [0.2, 0.25) is 0 Å². The number of carbonyl (C=O) groups is 3. The molecule has 368 valence electrons. The third-order valence-corrected chi connectivity index (χ3v) is 16.1. The second-order valence-corrected chi connectivity index (χ2v) is 21.3. The molecule has 10 rings (SSSR count). The van der Waals surface area contributed by atoms with Crippen molar-refractivity contribution in [3.63, 3.8) is 0 Å². The SMILES string of the molecule is Cc1c(=O)n(C)c(Nc2ccc(I)cc2F)c2c(=O)n(C3CC3)c(=O)n(-c3cccc(NCC4CCC(C(=O)N5CCN(CC6CCN(c7cncc(C8CCC(=O)NC8=O)c7)CC6)CC5)CC4)c3)c12. The smallest absolute Gasteiger partial charge is 0.336 e. The van der Waals surface area contributed by atoms with E-state index in [-0.39, 0.29) is 63.6 Å². The number of benzene rings is 2. The molecule has 0 spiro atoms. The van der Waals surface area contributed by atoms with Crippen LogP contribution in [-0.4, -0.2) is 98.6 Å². The van der Waals surface area contributed by atoms with Crippen molar-refractivity contribution in [2.75, 3.05) is 67.9 Å². The molecule has 1 unspecified atom stereocenters. The van der Waals surface area contributed by atoms with Crippen LogP contribution in [0, 0.1) is 34.1 Å². The van der Waals surface area contributed by atoms with Gasteiger partial charge < -0.3 is 20.4 Å². The summed E-state index contributed by atoms with van der Waals surface area (Å²) >= 11 is 2.02. The highest BCUT2D eigenvalue weighted by molar-refractivity contribution is 14.1. The highest BCUT2D eigenvalue weighted by atomic mass is 127. The van der Waals surface area contributed by atoms with Gasteiger partial charge in [-0.1, -0.05) is 6.07 Å². The number of pyridine rings is 2. The molecule has 3 amide bonds. The number of hydrogen-bond donors (Lipinski definition) is 3. The first-order valence-corrected chi connectivity index (χ1v) is 25.9. The zero-order valence-electron chi connectivity index (χ0n) is 39.7. The molecule has 1 atom stereocenters. The second kappa shape index (κ2) is 20.1. The van der Waals surface area contributed by atoms with E-state index in [9.17, 15) is 28.8 Å². The molecule has 70 heavy (non-hydrogen) atoms. The van der Waals surface area contributed by atoms with Crippen molar-refractivity contribution >= 4 is 74.1 Å². The zero-order chi connectivity index (χ0) is 48.8. The van der Waals surface area contributed by atoms with Gasteiger partial charge in [-0.25, -0.2) is 9.18 Å². The first kappa shape index (κ1) is 47.8. The molecule has 18 heteroatoms. The number of carbonyl (C=O) groups excluding carboxylic acids is 3. The van der Waals surface area contributed by atoms with Gasteiger partial charge in [0.25, 0.3) is 11.1 Å². The Kier molecular flexibility index (Phi) is 13.7. The fourth-order valence-corrected chi connectivity index (χ4v) is 11.6. The Morgan fingerprint density at radius 1 is 0.829 bits per heavy atom. The molecule has 3 aliphatic heterocycles. The van der Waals surface area contributed by atoms with Crippen LogP contribution in [0.1, 0.15) is 87.3 Å². The maximum absolute atomic E-state index is 15.2. The number of amides is 3. The van der Waals surface area contributed by atoms with E-state index in [2.05, 4.69) is 41.7 Å².